The lowest BCUT2D eigenvalue weighted by Gasteiger charge is -2.10. The van der Waals surface area contributed by atoms with Crippen molar-refractivity contribution in [3.05, 3.63) is 63.6 Å². The fourth-order valence-electron chi connectivity index (χ4n) is 1.74. The maximum absolute atomic E-state index is 11.2. The Bertz CT molecular complexity index is 720. The highest BCUT2D eigenvalue weighted by Crippen LogP contribution is 2.32. The number of carbonyl (C=O) groups is 1. The summed E-state index contributed by atoms with van der Waals surface area (Å²) in [5.41, 5.74) is 0.623. The second-order valence-electron chi connectivity index (χ2n) is 4.58. The largest absolute Gasteiger partial charge is 0.489 e. The highest BCUT2D eigenvalue weighted by molar-refractivity contribution is 6.55. The van der Waals surface area contributed by atoms with Crippen molar-refractivity contribution in [3.8, 4) is 17.2 Å². The number of ketones is 1. The minimum Gasteiger partial charge on any atom is -0.489 e. The molecule has 0 heterocycles. The van der Waals surface area contributed by atoms with E-state index in [1.807, 2.05) is 0 Å². The van der Waals surface area contributed by atoms with Gasteiger partial charge >= 0.3 is 0 Å². The van der Waals surface area contributed by atoms with Gasteiger partial charge in [0, 0.05) is 11.6 Å². The van der Waals surface area contributed by atoms with Crippen molar-refractivity contribution in [2.75, 3.05) is 6.61 Å². The van der Waals surface area contributed by atoms with Gasteiger partial charge in [0.05, 0.1) is 5.02 Å². The topological polar surface area (TPSA) is 35.5 Å². The van der Waals surface area contributed by atoms with Gasteiger partial charge in [0.15, 0.2) is 5.78 Å². The first kappa shape index (κ1) is 17.7. The maximum Gasteiger partial charge on any atom is 0.159 e. The Kier molecular flexibility index (Phi) is 6.34. The maximum atomic E-state index is 11.2. The highest BCUT2D eigenvalue weighted by Gasteiger charge is 2.06. The summed E-state index contributed by atoms with van der Waals surface area (Å²) in [5, 5.41) is 0.402. The lowest BCUT2D eigenvalue weighted by atomic mass is 10.1. The predicted octanol–water partition coefficient (Wildman–Crippen LogP) is 6.03. The van der Waals surface area contributed by atoms with Gasteiger partial charge in [0.1, 0.15) is 28.3 Å². The van der Waals surface area contributed by atoms with Crippen molar-refractivity contribution >= 4 is 40.6 Å². The van der Waals surface area contributed by atoms with Gasteiger partial charge in [-0.3, -0.25) is 4.79 Å². The molecule has 0 saturated carbocycles. The van der Waals surface area contributed by atoms with Crippen LogP contribution in [0.25, 0.3) is 0 Å². The number of rotatable bonds is 6. The molecule has 3 nitrogen and oxygen atoms in total. The molecular formula is C17H13Cl3O3. The predicted molar refractivity (Wildman–Crippen MR) is 93.3 cm³/mol. The smallest absolute Gasteiger partial charge is 0.159 e. The molecule has 6 heteroatoms. The molecule has 0 spiro atoms. The van der Waals surface area contributed by atoms with E-state index in [4.69, 9.17) is 44.3 Å². The van der Waals surface area contributed by atoms with Crippen molar-refractivity contribution in [2.45, 2.75) is 6.92 Å². The number of ether oxygens (including phenoxy) is 2. The Morgan fingerprint density at radius 2 is 1.74 bits per heavy atom. The van der Waals surface area contributed by atoms with E-state index in [0.717, 1.165) is 0 Å². The third-order valence-electron chi connectivity index (χ3n) is 2.88. The number of hydrogen-bond acceptors (Lipinski definition) is 3. The van der Waals surface area contributed by atoms with Crippen molar-refractivity contribution in [2.24, 2.45) is 0 Å². The van der Waals surface area contributed by atoms with Crippen LogP contribution in [-0.4, -0.2) is 12.4 Å². The highest BCUT2D eigenvalue weighted by atomic mass is 35.5. The molecule has 0 aliphatic carbocycles. The van der Waals surface area contributed by atoms with Crippen LogP contribution in [-0.2, 0) is 0 Å². The summed E-state index contributed by atoms with van der Waals surface area (Å²) < 4.78 is 11.3. The van der Waals surface area contributed by atoms with E-state index < -0.39 is 0 Å². The van der Waals surface area contributed by atoms with E-state index in [1.165, 1.54) is 13.0 Å². The van der Waals surface area contributed by atoms with E-state index in [-0.39, 0.29) is 16.9 Å². The summed E-state index contributed by atoms with van der Waals surface area (Å²) in [6.45, 7) is 1.75. The lowest BCUT2D eigenvalue weighted by Crippen LogP contribution is -1.94. The second kappa shape index (κ2) is 8.25. The van der Waals surface area contributed by atoms with Crippen LogP contribution in [0.15, 0.2) is 53.0 Å². The molecular weight excluding hydrogens is 359 g/mol. The number of Topliss-reactive ketones (excluding diaryl/α,β-unsaturated/α-hetero) is 1. The molecule has 0 saturated heterocycles. The van der Waals surface area contributed by atoms with Crippen LogP contribution in [0.3, 0.4) is 0 Å². The third kappa shape index (κ3) is 5.47. The van der Waals surface area contributed by atoms with Crippen molar-refractivity contribution in [1.82, 2.24) is 0 Å². The number of hydrogen-bond donors (Lipinski definition) is 0. The first-order valence-electron chi connectivity index (χ1n) is 6.68. The number of benzene rings is 2. The molecule has 0 N–H and O–H groups in total. The van der Waals surface area contributed by atoms with E-state index >= 15 is 0 Å². The number of halogens is 3. The minimum atomic E-state index is 0.00202. The summed E-state index contributed by atoms with van der Waals surface area (Å²) in [7, 11) is 0. The van der Waals surface area contributed by atoms with Crippen LogP contribution >= 0.6 is 34.8 Å². The molecule has 0 radical (unpaired) electrons. The molecule has 0 unspecified atom stereocenters. The fraction of sp³-hybridized carbons (Fsp3) is 0.118. The van der Waals surface area contributed by atoms with Gasteiger partial charge in [-0.05, 0) is 49.4 Å². The normalized spacial score (nSPS) is 10.1. The molecule has 23 heavy (non-hydrogen) atoms. The molecule has 2 rings (SSSR count). The van der Waals surface area contributed by atoms with Gasteiger partial charge < -0.3 is 9.47 Å². The average molecular weight is 372 g/mol. The Morgan fingerprint density at radius 3 is 2.30 bits per heavy atom. The molecule has 0 amide bonds. The zero-order valence-electron chi connectivity index (χ0n) is 12.2. The summed E-state index contributed by atoms with van der Waals surface area (Å²) >= 11 is 17.2. The van der Waals surface area contributed by atoms with Crippen molar-refractivity contribution < 1.29 is 14.3 Å². The zero-order valence-corrected chi connectivity index (χ0v) is 14.5. The van der Waals surface area contributed by atoms with Crippen LogP contribution in [0.1, 0.15) is 17.3 Å². The Hall–Kier alpha value is -1.68. The monoisotopic (exact) mass is 370 g/mol. The SMILES string of the molecule is CC(=O)c1ccc(Oc2ccc(OCC=C(Cl)Cl)cc2Cl)cc1. The summed E-state index contributed by atoms with van der Waals surface area (Å²) in [6.07, 6.45) is 1.53. The molecule has 0 fully saturated rings. The third-order valence-corrected chi connectivity index (χ3v) is 3.48. The Morgan fingerprint density at radius 1 is 1.09 bits per heavy atom. The van der Waals surface area contributed by atoms with Gasteiger partial charge in [0.25, 0.3) is 0 Å². The van der Waals surface area contributed by atoms with Crippen LogP contribution in [0.5, 0.6) is 17.2 Å². The van der Waals surface area contributed by atoms with Gasteiger partial charge in [-0.1, -0.05) is 34.8 Å². The van der Waals surface area contributed by atoms with Gasteiger partial charge in [-0.15, -0.1) is 0 Å². The summed E-state index contributed by atoms with van der Waals surface area (Å²) in [4.78, 5) is 11.2. The molecule has 120 valence electrons. The Balaban J connectivity index is 2.05. The van der Waals surface area contributed by atoms with Crippen LogP contribution in [0.2, 0.25) is 5.02 Å². The lowest BCUT2D eigenvalue weighted by molar-refractivity contribution is 0.101. The van der Waals surface area contributed by atoms with Crippen LogP contribution in [0.4, 0.5) is 0 Å². The van der Waals surface area contributed by atoms with E-state index in [2.05, 4.69) is 0 Å². The molecule has 0 aliphatic heterocycles. The van der Waals surface area contributed by atoms with E-state index in [9.17, 15) is 4.79 Å². The van der Waals surface area contributed by atoms with Gasteiger partial charge in [-0.25, -0.2) is 0 Å². The minimum absolute atomic E-state index is 0.00202. The zero-order chi connectivity index (χ0) is 16.8. The van der Waals surface area contributed by atoms with E-state index in [0.29, 0.717) is 27.8 Å². The van der Waals surface area contributed by atoms with E-state index in [1.54, 1.807) is 42.5 Å². The quantitative estimate of drug-likeness (QED) is 0.581. The molecule has 0 aliphatic rings. The average Bonchev–Trinajstić information content (AvgIpc) is 2.50. The summed E-state index contributed by atoms with van der Waals surface area (Å²) in [5.74, 6) is 1.64. The second-order valence-corrected chi connectivity index (χ2v) is 5.99. The first-order chi connectivity index (χ1) is 11.0. The van der Waals surface area contributed by atoms with Gasteiger partial charge in [0.2, 0.25) is 0 Å². The van der Waals surface area contributed by atoms with Crippen LogP contribution in [0, 0.1) is 0 Å². The number of carbonyl (C=O) groups excluding carboxylic acids is 1. The molecule has 0 aromatic heterocycles. The van der Waals surface area contributed by atoms with Crippen LogP contribution < -0.4 is 9.47 Å². The van der Waals surface area contributed by atoms with Crippen molar-refractivity contribution in [1.29, 1.82) is 0 Å². The molecule has 0 atom stereocenters. The molecule has 2 aromatic rings. The standard InChI is InChI=1S/C17H13Cl3O3/c1-11(21)12-2-4-13(5-3-12)23-16-7-6-14(10-15(16)18)22-9-8-17(19)20/h2-8,10H,9H2,1H3. The molecule has 2 aromatic carbocycles. The Labute approximate surface area is 149 Å². The summed E-state index contributed by atoms with van der Waals surface area (Å²) in [6, 6.07) is 11.9. The first-order valence-corrected chi connectivity index (χ1v) is 7.81. The fourth-order valence-corrected chi connectivity index (χ4v) is 2.07. The van der Waals surface area contributed by atoms with Gasteiger partial charge in [-0.2, -0.15) is 0 Å². The van der Waals surface area contributed by atoms with Crippen molar-refractivity contribution in [3.63, 3.8) is 0 Å². The molecule has 0 bridgehead atoms.